The molecule has 1 atom stereocenters. The van der Waals surface area contributed by atoms with Crippen LogP contribution in [-0.2, 0) is 16.6 Å². The first kappa shape index (κ1) is 16.7. The zero-order valence-electron chi connectivity index (χ0n) is 12.4. The van der Waals surface area contributed by atoms with Gasteiger partial charge in [0.15, 0.2) is 0 Å². The summed E-state index contributed by atoms with van der Waals surface area (Å²) >= 11 is 5.99. The van der Waals surface area contributed by atoms with Crippen molar-refractivity contribution in [2.75, 3.05) is 33.7 Å². The van der Waals surface area contributed by atoms with Crippen molar-refractivity contribution in [3.63, 3.8) is 0 Å². The Hall–Kier alpha value is -0.660. The van der Waals surface area contributed by atoms with E-state index in [1.165, 1.54) is 10.4 Å². The highest BCUT2D eigenvalue weighted by atomic mass is 35.5. The molecular formula is C14H22ClN3O2S. The summed E-state index contributed by atoms with van der Waals surface area (Å²) in [5.74, 6) is 0.385. The van der Waals surface area contributed by atoms with Gasteiger partial charge < -0.3 is 10.6 Å². The second-order valence-corrected chi connectivity index (χ2v) is 8.11. The zero-order chi connectivity index (χ0) is 15.6. The van der Waals surface area contributed by atoms with Gasteiger partial charge >= 0.3 is 0 Å². The maximum Gasteiger partial charge on any atom is 0.242 e. The van der Waals surface area contributed by atoms with E-state index >= 15 is 0 Å². The molecular weight excluding hydrogens is 310 g/mol. The minimum absolute atomic E-state index is 0.222. The summed E-state index contributed by atoms with van der Waals surface area (Å²) in [6.07, 6.45) is 1.03. The molecule has 2 rings (SSSR count). The molecule has 0 amide bonds. The molecule has 0 saturated carbocycles. The Bertz CT molecular complexity index is 606. The van der Waals surface area contributed by atoms with Crippen LogP contribution in [0.1, 0.15) is 12.0 Å². The molecule has 1 fully saturated rings. The van der Waals surface area contributed by atoms with Gasteiger partial charge in [0.2, 0.25) is 10.0 Å². The highest BCUT2D eigenvalue weighted by molar-refractivity contribution is 7.89. The lowest BCUT2D eigenvalue weighted by Gasteiger charge is -2.21. The van der Waals surface area contributed by atoms with Gasteiger partial charge in [-0.3, -0.25) is 0 Å². The largest absolute Gasteiger partial charge is 0.326 e. The fourth-order valence-electron chi connectivity index (χ4n) is 2.68. The molecule has 1 aliphatic heterocycles. The SMILES string of the molecule is CN1CCC(CN(C)S(=O)(=O)c2ccc(Cl)c(CN)c2)C1. The molecule has 0 bridgehead atoms. The molecule has 0 spiro atoms. The van der Waals surface area contributed by atoms with Gasteiger partial charge in [-0.25, -0.2) is 12.7 Å². The number of hydrogen-bond acceptors (Lipinski definition) is 4. The van der Waals surface area contributed by atoms with Gasteiger partial charge in [-0.05, 0) is 49.7 Å². The summed E-state index contributed by atoms with van der Waals surface area (Å²) in [6.45, 7) is 2.72. The standard InChI is InChI=1S/C14H22ClN3O2S/c1-17-6-5-11(9-17)10-18(2)21(19,20)13-3-4-14(15)12(7-13)8-16/h3-4,7,11H,5-6,8-10,16H2,1-2H3. The fourth-order valence-corrected chi connectivity index (χ4v) is 4.18. The Morgan fingerprint density at radius 3 is 2.76 bits per heavy atom. The summed E-state index contributed by atoms with van der Waals surface area (Å²) in [5, 5.41) is 0.497. The van der Waals surface area contributed by atoms with E-state index in [2.05, 4.69) is 11.9 Å². The van der Waals surface area contributed by atoms with E-state index in [1.54, 1.807) is 19.2 Å². The van der Waals surface area contributed by atoms with Gasteiger partial charge in [0.25, 0.3) is 0 Å². The summed E-state index contributed by atoms with van der Waals surface area (Å²) in [7, 11) is 0.193. The van der Waals surface area contributed by atoms with Crippen molar-refractivity contribution in [3.05, 3.63) is 28.8 Å². The molecule has 5 nitrogen and oxygen atoms in total. The molecule has 1 unspecified atom stereocenters. The molecule has 1 saturated heterocycles. The van der Waals surface area contributed by atoms with Crippen molar-refractivity contribution >= 4 is 21.6 Å². The lowest BCUT2D eigenvalue weighted by Crippen LogP contribution is -2.33. The van der Waals surface area contributed by atoms with E-state index in [-0.39, 0.29) is 11.4 Å². The third kappa shape index (κ3) is 3.76. The van der Waals surface area contributed by atoms with Crippen LogP contribution >= 0.6 is 11.6 Å². The molecule has 1 aliphatic rings. The molecule has 118 valence electrons. The van der Waals surface area contributed by atoms with Crippen LogP contribution in [0.4, 0.5) is 0 Å². The van der Waals surface area contributed by atoms with E-state index in [0.29, 0.717) is 23.0 Å². The molecule has 7 heteroatoms. The van der Waals surface area contributed by atoms with Crippen LogP contribution in [0.2, 0.25) is 5.02 Å². The van der Waals surface area contributed by atoms with E-state index in [9.17, 15) is 8.42 Å². The van der Waals surface area contributed by atoms with Gasteiger partial charge in [-0.15, -0.1) is 0 Å². The zero-order valence-corrected chi connectivity index (χ0v) is 14.0. The van der Waals surface area contributed by atoms with Gasteiger partial charge in [0.1, 0.15) is 0 Å². The number of nitrogens with two attached hydrogens (primary N) is 1. The van der Waals surface area contributed by atoms with Crippen LogP contribution in [0.15, 0.2) is 23.1 Å². The van der Waals surface area contributed by atoms with Crippen molar-refractivity contribution < 1.29 is 8.42 Å². The predicted octanol–water partition coefficient (Wildman–Crippen LogP) is 1.37. The smallest absolute Gasteiger partial charge is 0.242 e. The van der Waals surface area contributed by atoms with Crippen LogP contribution in [-0.4, -0.2) is 51.4 Å². The van der Waals surface area contributed by atoms with Gasteiger partial charge in [0.05, 0.1) is 4.90 Å². The number of rotatable bonds is 5. The summed E-state index contributed by atoms with van der Waals surface area (Å²) in [5.41, 5.74) is 6.23. The minimum Gasteiger partial charge on any atom is -0.326 e. The Morgan fingerprint density at radius 2 is 2.19 bits per heavy atom. The quantitative estimate of drug-likeness (QED) is 0.885. The molecule has 0 radical (unpaired) electrons. The maximum atomic E-state index is 12.6. The highest BCUT2D eigenvalue weighted by Gasteiger charge is 2.27. The number of likely N-dealkylation sites (tertiary alicyclic amines) is 1. The molecule has 0 aliphatic carbocycles. The van der Waals surface area contributed by atoms with Crippen molar-refractivity contribution in [2.24, 2.45) is 11.7 Å². The van der Waals surface area contributed by atoms with E-state index in [0.717, 1.165) is 19.5 Å². The number of hydrogen-bond donors (Lipinski definition) is 1. The fraction of sp³-hybridized carbons (Fsp3) is 0.571. The molecule has 21 heavy (non-hydrogen) atoms. The van der Waals surface area contributed by atoms with Gasteiger partial charge in [-0.1, -0.05) is 11.6 Å². The second kappa shape index (κ2) is 6.62. The van der Waals surface area contributed by atoms with Crippen LogP contribution in [0.5, 0.6) is 0 Å². The summed E-state index contributed by atoms with van der Waals surface area (Å²) in [4.78, 5) is 2.47. The molecule has 0 aromatic heterocycles. The monoisotopic (exact) mass is 331 g/mol. The normalized spacial score (nSPS) is 20.3. The number of sulfonamides is 1. The predicted molar refractivity (Wildman–Crippen MR) is 84.8 cm³/mol. The van der Waals surface area contributed by atoms with E-state index in [4.69, 9.17) is 17.3 Å². The van der Waals surface area contributed by atoms with Crippen LogP contribution < -0.4 is 5.73 Å². The maximum absolute atomic E-state index is 12.6. The third-order valence-corrected chi connectivity index (χ3v) is 6.14. The number of benzene rings is 1. The first-order valence-electron chi connectivity index (χ1n) is 6.98. The van der Waals surface area contributed by atoms with Crippen molar-refractivity contribution in [1.82, 2.24) is 9.21 Å². The second-order valence-electron chi connectivity index (χ2n) is 5.66. The van der Waals surface area contributed by atoms with Gasteiger partial charge in [0, 0.05) is 31.7 Å². The van der Waals surface area contributed by atoms with Crippen LogP contribution in [0.25, 0.3) is 0 Å². The van der Waals surface area contributed by atoms with E-state index in [1.807, 2.05) is 0 Å². The number of nitrogens with zero attached hydrogens (tertiary/aromatic N) is 2. The van der Waals surface area contributed by atoms with E-state index < -0.39 is 10.0 Å². The lowest BCUT2D eigenvalue weighted by molar-refractivity contribution is 0.356. The summed E-state index contributed by atoms with van der Waals surface area (Å²) < 4.78 is 26.6. The first-order valence-corrected chi connectivity index (χ1v) is 8.79. The Balaban J connectivity index is 2.17. The van der Waals surface area contributed by atoms with Crippen molar-refractivity contribution in [1.29, 1.82) is 0 Å². The summed E-state index contributed by atoms with van der Waals surface area (Å²) in [6, 6.07) is 4.69. The minimum atomic E-state index is -3.49. The Morgan fingerprint density at radius 1 is 1.48 bits per heavy atom. The Labute approximate surface area is 131 Å². The highest BCUT2D eigenvalue weighted by Crippen LogP contribution is 2.24. The first-order chi connectivity index (χ1) is 9.84. The molecule has 1 heterocycles. The molecule has 1 aromatic carbocycles. The van der Waals surface area contributed by atoms with Gasteiger partial charge in [-0.2, -0.15) is 0 Å². The average molecular weight is 332 g/mol. The third-order valence-electron chi connectivity index (χ3n) is 3.95. The average Bonchev–Trinajstić information content (AvgIpc) is 2.84. The Kier molecular flexibility index (Phi) is 5.27. The molecule has 2 N–H and O–H groups in total. The topological polar surface area (TPSA) is 66.6 Å². The molecule has 1 aromatic rings. The van der Waals surface area contributed by atoms with Crippen molar-refractivity contribution in [3.8, 4) is 0 Å². The van der Waals surface area contributed by atoms with Crippen LogP contribution in [0.3, 0.4) is 0 Å². The number of halogens is 1. The van der Waals surface area contributed by atoms with Crippen LogP contribution in [0, 0.1) is 5.92 Å². The lowest BCUT2D eigenvalue weighted by atomic mass is 10.1. The van der Waals surface area contributed by atoms with Crippen molar-refractivity contribution in [2.45, 2.75) is 17.9 Å².